The van der Waals surface area contributed by atoms with Crippen molar-refractivity contribution in [1.82, 2.24) is 0 Å². The molecule has 0 fully saturated rings. The number of aromatic hydroxyl groups is 2. The van der Waals surface area contributed by atoms with E-state index in [4.69, 9.17) is 0 Å². The number of benzene rings is 2. The second kappa shape index (κ2) is 6.87. The summed E-state index contributed by atoms with van der Waals surface area (Å²) in [6.07, 6.45) is 3.52. The minimum Gasteiger partial charge on any atom is -0.507 e. The van der Waals surface area contributed by atoms with Gasteiger partial charge in [-0.2, -0.15) is 0 Å². The smallest absolute Gasteiger partial charge is 0.123 e. The molecule has 2 N–H and O–H groups in total. The lowest BCUT2D eigenvalue weighted by Gasteiger charge is -2.20. The van der Waals surface area contributed by atoms with Crippen LogP contribution in [0.4, 0.5) is 0 Å². The Hall–Kier alpha value is -1.96. The maximum Gasteiger partial charge on any atom is 0.123 e. The fourth-order valence-corrected chi connectivity index (χ4v) is 3.39. The molecule has 0 aliphatic rings. The summed E-state index contributed by atoms with van der Waals surface area (Å²) in [6, 6.07) is 7.49. The van der Waals surface area contributed by atoms with E-state index in [-0.39, 0.29) is 11.5 Å². The van der Waals surface area contributed by atoms with E-state index in [1.165, 1.54) is 11.1 Å². The molecule has 0 aliphatic heterocycles. The molecular formula is C20H26O2. The first-order chi connectivity index (χ1) is 10.6. The van der Waals surface area contributed by atoms with Crippen molar-refractivity contribution in [1.29, 1.82) is 0 Å². The molecule has 2 nitrogen and oxygen atoms in total. The van der Waals surface area contributed by atoms with Gasteiger partial charge in [-0.3, -0.25) is 0 Å². The van der Waals surface area contributed by atoms with Gasteiger partial charge in [-0.25, -0.2) is 0 Å². The Kier molecular flexibility index (Phi) is 5.12. The molecule has 0 heterocycles. The van der Waals surface area contributed by atoms with Crippen LogP contribution in [0.2, 0.25) is 0 Å². The summed E-state index contributed by atoms with van der Waals surface area (Å²) in [7, 11) is 0. The van der Waals surface area contributed by atoms with Crippen molar-refractivity contribution in [2.75, 3.05) is 0 Å². The van der Waals surface area contributed by atoms with Crippen LogP contribution in [0.1, 0.15) is 49.9 Å². The molecular weight excluding hydrogens is 272 g/mol. The number of hydrogen-bond acceptors (Lipinski definition) is 2. The van der Waals surface area contributed by atoms with Gasteiger partial charge in [-0.1, -0.05) is 39.8 Å². The lowest BCUT2D eigenvalue weighted by molar-refractivity contribution is 0.467. The van der Waals surface area contributed by atoms with Gasteiger partial charge >= 0.3 is 0 Å². The average Bonchev–Trinajstić information content (AvgIpc) is 2.54. The Labute approximate surface area is 133 Å². The van der Waals surface area contributed by atoms with Crippen molar-refractivity contribution >= 4 is 0 Å². The van der Waals surface area contributed by atoms with E-state index in [2.05, 4.69) is 27.7 Å². The molecule has 0 unspecified atom stereocenters. The monoisotopic (exact) mass is 298 g/mol. The van der Waals surface area contributed by atoms with Crippen molar-refractivity contribution in [3.63, 3.8) is 0 Å². The molecule has 2 rings (SSSR count). The van der Waals surface area contributed by atoms with E-state index in [9.17, 15) is 10.2 Å². The Morgan fingerprint density at radius 3 is 1.23 bits per heavy atom. The first-order valence-corrected chi connectivity index (χ1v) is 8.26. The Bertz CT molecular complexity index is 612. The maximum absolute atomic E-state index is 10.5. The highest BCUT2D eigenvalue weighted by atomic mass is 16.3. The molecule has 22 heavy (non-hydrogen) atoms. The van der Waals surface area contributed by atoms with Gasteiger partial charge in [0.15, 0.2) is 0 Å². The van der Waals surface area contributed by atoms with Gasteiger partial charge in [0, 0.05) is 11.1 Å². The maximum atomic E-state index is 10.5. The summed E-state index contributed by atoms with van der Waals surface area (Å²) in [5, 5.41) is 21.0. The van der Waals surface area contributed by atoms with Gasteiger partial charge in [0.1, 0.15) is 11.5 Å². The lowest BCUT2D eigenvalue weighted by atomic mass is 9.86. The molecule has 0 radical (unpaired) electrons. The van der Waals surface area contributed by atoms with Crippen molar-refractivity contribution in [3.05, 3.63) is 46.5 Å². The molecule has 0 aliphatic carbocycles. The van der Waals surface area contributed by atoms with E-state index in [0.717, 1.165) is 47.9 Å². The molecule has 0 aromatic heterocycles. The summed E-state index contributed by atoms with van der Waals surface area (Å²) >= 11 is 0. The molecule has 2 aromatic carbocycles. The van der Waals surface area contributed by atoms with Gasteiger partial charge < -0.3 is 10.2 Å². The molecule has 118 valence electrons. The van der Waals surface area contributed by atoms with Crippen LogP contribution >= 0.6 is 0 Å². The fraction of sp³-hybridized carbons (Fsp3) is 0.400. The molecule has 2 aromatic rings. The summed E-state index contributed by atoms with van der Waals surface area (Å²) in [6.45, 7) is 8.45. The predicted octanol–water partition coefficient (Wildman–Crippen LogP) is 5.01. The van der Waals surface area contributed by atoms with Crippen molar-refractivity contribution in [2.45, 2.75) is 53.4 Å². The Balaban J connectivity index is 2.87. The van der Waals surface area contributed by atoms with Gasteiger partial charge in [-0.15, -0.1) is 0 Å². The first kappa shape index (κ1) is 16.4. The highest BCUT2D eigenvalue weighted by Crippen LogP contribution is 2.43. The molecule has 0 spiro atoms. The van der Waals surface area contributed by atoms with Gasteiger partial charge in [-0.05, 0) is 60.1 Å². The number of rotatable bonds is 5. The van der Waals surface area contributed by atoms with E-state index >= 15 is 0 Å². The third kappa shape index (κ3) is 2.70. The minimum absolute atomic E-state index is 0.257. The van der Waals surface area contributed by atoms with Gasteiger partial charge in [0.05, 0.1) is 0 Å². The van der Waals surface area contributed by atoms with Crippen molar-refractivity contribution in [2.24, 2.45) is 0 Å². The van der Waals surface area contributed by atoms with Crippen LogP contribution in [-0.4, -0.2) is 10.2 Å². The predicted molar refractivity (Wildman–Crippen MR) is 92.7 cm³/mol. The lowest BCUT2D eigenvalue weighted by Crippen LogP contribution is -2.01. The second-order valence-corrected chi connectivity index (χ2v) is 5.61. The van der Waals surface area contributed by atoms with Crippen LogP contribution in [0, 0.1) is 0 Å². The zero-order chi connectivity index (χ0) is 16.3. The summed E-state index contributed by atoms with van der Waals surface area (Å²) in [4.78, 5) is 0. The number of phenols is 2. The standard InChI is InChI=1S/C20H26O2/c1-5-13-9-11-17(21)19(15(13)7-3)20-16(8-4)14(6-2)10-12-18(20)22/h9-12,21-22H,5-8H2,1-4H3. The minimum atomic E-state index is 0.257. The van der Waals surface area contributed by atoms with Crippen LogP contribution in [-0.2, 0) is 25.7 Å². The molecule has 0 amide bonds. The summed E-state index contributed by atoms with van der Waals surface area (Å²) in [5.41, 5.74) is 6.37. The summed E-state index contributed by atoms with van der Waals surface area (Å²) < 4.78 is 0. The SMILES string of the molecule is CCc1ccc(O)c(-c2c(O)ccc(CC)c2CC)c1CC. The van der Waals surface area contributed by atoms with Crippen LogP contribution < -0.4 is 0 Å². The molecule has 0 bridgehead atoms. The molecule has 0 saturated heterocycles. The van der Waals surface area contributed by atoms with Crippen LogP contribution in [0.5, 0.6) is 11.5 Å². The fourth-order valence-electron chi connectivity index (χ4n) is 3.39. The highest BCUT2D eigenvalue weighted by Gasteiger charge is 2.20. The van der Waals surface area contributed by atoms with Crippen molar-refractivity contribution < 1.29 is 10.2 Å². The number of phenolic OH excluding ortho intramolecular Hbond substituents is 2. The third-order valence-corrected chi connectivity index (χ3v) is 4.49. The van der Waals surface area contributed by atoms with Gasteiger partial charge in [0.2, 0.25) is 0 Å². The van der Waals surface area contributed by atoms with E-state index < -0.39 is 0 Å². The quantitative estimate of drug-likeness (QED) is 0.814. The van der Waals surface area contributed by atoms with E-state index in [0.29, 0.717) is 0 Å². The van der Waals surface area contributed by atoms with Crippen molar-refractivity contribution in [3.8, 4) is 22.6 Å². The van der Waals surface area contributed by atoms with E-state index in [1.807, 2.05) is 12.1 Å². The third-order valence-electron chi connectivity index (χ3n) is 4.49. The molecule has 0 saturated carbocycles. The zero-order valence-corrected chi connectivity index (χ0v) is 14.0. The van der Waals surface area contributed by atoms with Gasteiger partial charge in [0.25, 0.3) is 0 Å². The highest BCUT2D eigenvalue weighted by molar-refractivity contribution is 5.82. The number of hydrogen-bond donors (Lipinski definition) is 2. The first-order valence-electron chi connectivity index (χ1n) is 8.26. The van der Waals surface area contributed by atoms with Crippen LogP contribution in [0.25, 0.3) is 11.1 Å². The Morgan fingerprint density at radius 1 is 0.591 bits per heavy atom. The van der Waals surface area contributed by atoms with Crippen LogP contribution in [0.15, 0.2) is 24.3 Å². The van der Waals surface area contributed by atoms with Crippen LogP contribution in [0.3, 0.4) is 0 Å². The molecule has 2 heteroatoms. The average molecular weight is 298 g/mol. The topological polar surface area (TPSA) is 40.5 Å². The zero-order valence-electron chi connectivity index (χ0n) is 14.0. The second-order valence-electron chi connectivity index (χ2n) is 5.61. The Morgan fingerprint density at radius 2 is 0.955 bits per heavy atom. The molecule has 0 atom stereocenters. The largest absolute Gasteiger partial charge is 0.507 e. The van der Waals surface area contributed by atoms with E-state index in [1.54, 1.807) is 12.1 Å². The normalized spacial score (nSPS) is 10.9. The summed E-state index contributed by atoms with van der Waals surface area (Å²) in [5.74, 6) is 0.514. The number of aryl methyl sites for hydroxylation is 2.